The van der Waals surface area contributed by atoms with Gasteiger partial charge >= 0.3 is 0 Å². The lowest BCUT2D eigenvalue weighted by atomic mass is 9.86. The number of anilines is 1. The van der Waals surface area contributed by atoms with Crippen molar-refractivity contribution in [3.8, 4) is 0 Å². The third-order valence-electron chi connectivity index (χ3n) is 7.14. The fourth-order valence-electron chi connectivity index (χ4n) is 5.06. The molecule has 1 heterocycles. The molecule has 0 unspecified atom stereocenters. The molecule has 0 saturated heterocycles. The van der Waals surface area contributed by atoms with Crippen LogP contribution in [0.3, 0.4) is 0 Å². The minimum Gasteiger partial charge on any atom is -0.349 e. The van der Waals surface area contributed by atoms with Gasteiger partial charge in [-0.3, -0.25) is 9.59 Å². The maximum absolute atomic E-state index is 13.7. The lowest BCUT2D eigenvalue weighted by Crippen LogP contribution is -2.41. The number of rotatable bonds is 4. The Hall–Kier alpha value is -3.16. The van der Waals surface area contributed by atoms with Crippen LogP contribution in [-0.2, 0) is 16.4 Å². The van der Waals surface area contributed by atoms with Crippen LogP contribution < -0.4 is 10.2 Å². The van der Waals surface area contributed by atoms with Crippen molar-refractivity contribution in [2.45, 2.75) is 55.0 Å². The van der Waals surface area contributed by atoms with E-state index in [-0.39, 0.29) is 39.5 Å². The molecule has 5 rings (SSSR count). The Labute approximate surface area is 216 Å². The quantitative estimate of drug-likeness (QED) is 0.480. The standard InChI is InChI=1S/C28H27ClN2O4S/c1-18-6-2-4-8-23(18)30-27(32)20-12-15-26-24(16-20)31(17-19-10-13-21(29)14-11-19)28(33)22-7-3-5-9-25(22)36(26,34)35/h3,5,7,9-16,18,23H,2,4,6,8,17H2,1H3,(H,30,32)/t18-,23-/m1/s1. The second kappa shape index (κ2) is 9.71. The van der Waals surface area contributed by atoms with E-state index >= 15 is 0 Å². The van der Waals surface area contributed by atoms with Gasteiger partial charge in [-0.05, 0) is 66.8 Å². The molecule has 1 fully saturated rings. The van der Waals surface area contributed by atoms with Gasteiger partial charge in [0.05, 0.1) is 27.6 Å². The van der Waals surface area contributed by atoms with Crippen molar-refractivity contribution in [3.63, 3.8) is 0 Å². The summed E-state index contributed by atoms with van der Waals surface area (Å²) in [6.45, 7) is 2.26. The molecule has 6 nitrogen and oxygen atoms in total. The number of nitrogens with zero attached hydrogens (tertiary/aromatic N) is 1. The molecule has 8 heteroatoms. The first kappa shape index (κ1) is 24.5. The van der Waals surface area contributed by atoms with E-state index < -0.39 is 15.7 Å². The third kappa shape index (κ3) is 4.53. The topological polar surface area (TPSA) is 83.6 Å². The molecule has 2 aliphatic rings. The highest BCUT2D eigenvalue weighted by atomic mass is 35.5. The largest absolute Gasteiger partial charge is 0.349 e. The summed E-state index contributed by atoms with van der Waals surface area (Å²) in [4.78, 5) is 28.3. The molecule has 3 aromatic carbocycles. The number of nitrogens with one attached hydrogen (secondary N) is 1. The van der Waals surface area contributed by atoms with Crippen LogP contribution in [-0.4, -0.2) is 26.3 Å². The Morgan fingerprint density at radius 3 is 2.47 bits per heavy atom. The average molecular weight is 523 g/mol. The molecule has 0 radical (unpaired) electrons. The molecule has 1 N–H and O–H groups in total. The van der Waals surface area contributed by atoms with Crippen LogP contribution in [0.15, 0.2) is 76.5 Å². The fraction of sp³-hybridized carbons (Fsp3) is 0.286. The number of carbonyl (C=O) groups excluding carboxylic acids is 2. The van der Waals surface area contributed by atoms with Gasteiger partial charge in [0.2, 0.25) is 9.84 Å². The molecule has 2 amide bonds. The lowest BCUT2D eigenvalue weighted by molar-refractivity contribution is 0.0908. The third-order valence-corrected chi connectivity index (χ3v) is 9.25. The zero-order chi connectivity index (χ0) is 25.4. The second-order valence-corrected chi connectivity index (χ2v) is 11.9. The van der Waals surface area contributed by atoms with Crippen molar-refractivity contribution < 1.29 is 18.0 Å². The van der Waals surface area contributed by atoms with Gasteiger partial charge in [-0.15, -0.1) is 0 Å². The lowest BCUT2D eigenvalue weighted by Gasteiger charge is -2.29. The Bertz CT molecular complexity index is 1440. The molecule has 1 saturated carbocycles. The number of sulfone groups is 1. The molecular formula is C28H27ClN2O4S. The average Bonchev–Trinajstić information content (AvgIpc) is 2.94. The van der Waals surface area contributed by atoms with Crippen LogP contribution in [0, 0.1) is 5.92 Å². The predicted octanol–water partition coefficient (Wildman–Crippen LogP) is 5.64. The Balaban J connectivity index is 1.60. The van der Waals surface area contributed by atoms with Gasteiger partial charge in [0.1, 0.15) is 0 Å². The summed E-state index contributed by atoms with van der Waals surface area (Å²) < 4.78 is 27.3. The summed E-state index contributed by atoms with van der Waals surface area (Å²) >= 11 is 6.04. The molecule has 1 aliphatic carbocycles. The summed E-state index contributed by atoms with van der Waals surface area (Å²) in [6.07, 6.45) is 4.21. The number of benzene rings is 3. The van der Waals surface area contributed by atoms with Crippen molar-refractivity contribution in [3.05, 3.63) is 88.4 Å². The van der Waals surface area contributed by atoms with Crippen LogP contribution >= 0.6 is 11.6 Å². The molecule has 0 spiro atoms. The molecule has 186 valence electrons. The zero-order valence-electron chi connectivity index (χ0n) is 19.9. The highest BCUT2D eigenvalue weighted by Crippen LogP contribution is 2.38. The van der Waals surface area contributed by atoms with Crippen LogP contribution in [0.25, 0.3) is 0 Å². The highest BCUT2D eigenvalue weighted by Gasteiger charge is 2.36. The van der Waals surface area contributed by atoms with Crippen LogP contribution in [0.4, 0.5) is 5.69 Å². The predicted molar refractivity (Wildman–Crippen MR) is 139 cm³/mol. The van der Waals surface area contributed by atoms with Crippen molar-refractivity contribution in [2.24, 2.45) is 5.92 Å². The smallest absolute Gasteiger partial charge is 0.259 e. The SMILES string of the molecule is C[C@@H]1CCCC[C@H]1NC(=O)c1ccc2c(c1)N(Cc1ccc(Cl)cc1)C(=O)c1ccccc1S2(=O)=O. The van der Waals surface area contributed by atoms with Crippen LogP contribution in [0.1, 0.15) is 58.9 Å². The number of halogens is 1. The van der Waals surface area contributed by atoms with Crippen LogP contribution in [0.2, 0.25) is 5.02 Å². The molecule has 36 heavy (non-hydrogen) atoms. The van der Waals surface area contributed by atoms with Crippen molar-refractivity contribution in [1.82, 2.24) is 5.32 Å². The van der Waals surface area contributed by atoms with E-state index in [9.17, 15) is 18.0 Å². The molecule has 3 aromatic rings. The summed E-state index contributed by atoms with van der Waals surface area (Å²) in [7, 11) is -4.00. The fourth-order valence-corrected chi connectivity index (χ4v) is 6.82. The van der Waals surface area contributed by atoms with Gasteiger partial charge in [0.25, 0.3) is 11.8 Å². The Kier molecular flexibility index (Phi) is 6.62. The van der Waals surface area contributed by atoms with Gasteiger partial charge in [0.15, 0.2) is 0 Å². The maximum atomic E-state index is 13.7. The first-order valence-electron chi connectivity index (χ1n) is 12.1. The van der Waals surface area contributed by atoms with Gasteiger partial charge in [0, 0.05) is 16.6 Å². The summed E-state index contributed by atoms with van der Waals surface area (Å²) in [6, 6.07) is 17.8. The molecule has 0 bridgehead atoms. The zero-order valence-corrected chi connectivity index (χ0v) is 21.5. The summed E-state index contributed by atoms with van der Waals surface area (Å²) in [5, 5.41) is 3.68. The van der Waals surface area contributed by atoms with E-state index in [1.54, 1.807) is 36.4 Å². The van der Waals surface area contributed by atoms with E-state index in [1.165, 1.54) is 35.2 Å². The molecule has 0 aromatic heterocycles. The first-order valence-corrected chi connectivity index (χ1v) is 14.0. The van der Waals surface area contributed by atoms with Gasteiger partial charge in [-0.25, -0.2) is 8.42 Å². The number of fused-ring (bicyclic) bond motifs is 2. The highest BCUT2D eigenvalue weighted by molar-refractivity contribution is 7.91. The molecule has 2 atom stereocenters. The van der Waals surface area contributed by atoms with Crippen LogP contribution in [0.5, 0.6) is 0 Å². The van der Waals surface area contributed by atoms with Gasteiger partial charge < -0.3 is 10.2 Å². The number of hydrogen-bond acceptors (Lipinski definition) is 4. The number of carbonyl (C=O) groups is 2. The Morgan fingerprint density at radius 2 is 1.72 bits per heavy atom. The molecule has 1 aliphatic heterocycles. The van der Waals surface area contributed by atoms with E-state index in [4.69, 9.17) is 11.6 Å². The van der Waals surface area contributed by atoms with E-state index in [0.717, 1.165) is 31.2 Å². The van der Waals surface area contributed by atoms with Crippen molar-refractivity contribution in [1.29, 1.82) is 0 Å². The minimum atomic E-state index is -4.00. The minimum absolute atomic E-state index is 0.00246. The summed E-state index contributed by atoms with van der Waals surface area (Å²) in [5.74, 6) is -0.336. The van der Waals surface area contributed by atoms with E-state index in [0.29, 0.717) is 16.5 Å². The van der Waals surface area contributed by atoms with Gasteiger partial charge in [-0.1, -0.05) is 55.6 Å². The van der Waals surface area contributed by atoms with E-state index in [1.807, 2.05) is 0 Å². The monoisotopic (exact) mass is 522 g/mol. The maximum Gasteiger partial charge on any atom is 0.259 e. The van der Waals surface area contributed by atoms with Gasteiger partial charge in [-0.2, -0.15) is 0 Å². The number of hydrogen-bond donors (Lipinski definition) is 1. The normalized spacial score (nSPS) is 20.7. The first-order chi connectivity index (χ1) is 17.3. The van der Waals surface area contributed by atoms with E-state index in [2.05, 4.69) is 12.2 Å². The Morgan fingerprint density at radius 1 is 1.00 bits per heavy atom. The van der Waals surface area contributed by atoms with Crippen molar-refractivity contribution >= 4 is 38.9 Å². The molecular weight excluding hydrogens is 496 g/mol. The number of amides is 2. The van der Waals surface area contributed by atoms with Crippen molar-refractivity contribution in [2.75, 3.05) is 4.90 Å². The second-order valence-electron chi connectivity index (χ2n) is 9.54. The summed E-state index contributed by atoms with van der Waals surface area (Å²) in [5.41, 5.74) is 1.39.